The normalized spacial score (nSPS) is 11.5. The van der Waals surface area contributed by atoms with Crippen molar-refractivity contribution in [2.75, 3.05) is 0 Å². The molecule has 6 nitrogen and oxygen atoms in total. The molecule has 6 heteroatoms. The molecule has 0 aromatic carbocycles. The molecule has 0 saturated carbocycles. The zero-order chi connectivity index (χ0) is 12.3. The van der Waals surface area contributed by atoms with E-state index in [2.05, 4.69) is 10.4 Å². The highest BCUT2D eigenvalue weighted by atomic mass is 16.2. The van der Waals surface area contributed by atoms with E-state index in [4.69, 9.17) is 0 Å². The van der Waals surface area contributed by atoms with E-state index in [-0.39, 0.29) is 23.7 Å². The second kappa shape index (κ2) is 4.51. The summed E-state index contributed by atoms with van der Waals surface area (Å²) in [7, 11) is 1.60. The maximum absolute atomic E-state index is 11.6. The van der Waals surface area contributed by atoms with Crippen molar-refractivity contribution in [3.05, 3.63) is 16.8 Å². The van der Waals surface area contributed by atoms with Crippen LogP contribution < -0.4 is 11.0 Å². The number of aryl methyl sites for hydroxylation is 1. The van der Waals surface area contributed by atoms with Crippen molar-refractivity contribution in [3.8, 4) is 0 Å². The summed E-state index contributed by atoms with van der Waals surface area (Å²) in [5.41, 5.74) is -0.542. The average molecular weight is 226 g/mol. The third kappa shape index (κ3) is 2.95. The highest BCUT2D eigenvalue weighted by molar-refractivity contribution is 5.76. The van der Waals surface area contributed by atoms with Crippen molar-refractivity contribution in [3.63, 3.8) is 0 Å². The molecule has 1 amide bonds. The van der Waals surface area contributed by atoms with Crippen LogP contribution in [0.5, 0.6) is 0 Å². The Hall–Kier alpha value is -1.59. The molecule has 0 aliphatic carbocycles. The smallest absolute Gasteiger partial charge is 0.345 e. The number of carbonyl (C=O) groups excluding carboxylic acids is 1. The van der Waals surface area contributed by atoms with Gasteiger partial charge in [-0.25, -0.2) is 9.48 Å². The molecule has 0 unspecified atom stereocenters. The predicted molar refractivity (Wildman–Crippen MR) is 60.0 cm³/mol. The Bertz CT molecular complexity index is 430. The zero-order valence-corrected chi connectivity index (χ0v) is 10.1. The topological polar surface area (TPSA) is 68.9 Å². The third-order valence-electron chi connectivity index (χ3n) is 2.54. The van der Waals surface area contributed by atoms with Crippen LogP contribution in [0, 0.1) is 0 Å². The molecule has 0 saturated heterocycles. The molecule has 1 aromatic heterocycles. The summed E-state index contributed by atoms with van der Waals surface area (Å²) >= 11 is 0. The Kier molecular flexibility index (Phi) is 3.51. The van der Waals surface area contributed by atoms with Gasteiger partial charge in [0.15, 0.2) is 0 Å². The van der Waals surface area contributed by atoms with Crippen LogP contribution in [0.25, 0.3) is 0 Å². The fourth-order valence-electron chi connectivity index (χ4n) is 1.17. The van der Waals surface area contributed by atoms with Gasteiger partial charge >= 0.3 is 5.69 Å². The van der Waals surface area contributed by atoms with Crippen molar-refractivity contribution < 1.29 is 4.79 Å². The molecule has 1 heterocycles. The molecular formula is C10H18N4O2. The van der Waals surface area contributed by atoms with Gasteiger partial charge in [-0.1, -0.05) is 6.92 Å². The Labute approximate surface area is 94.3 Å². The summed E-state index contributed by atoms with van der Waals surface area (Å²) in [6.45, 7) is 5.83. The van der Waals surface area contributed by atoms with Crippen LogP contribution in [-0.2, 0) is 18.4 Å². The molecule has 1 aromatic rings. The average Bonchev–Trinajstić information content (AvgIpc) is 2.49. The first kappa shape index (κ1) is 12.5. The lowest BCUT2D eigenvalue weighted by molar-refractivity contribution is -0.123. The summed E-state index contributed by atoms with van der Waals surface area (Å²) in [5, 5.41) is 6.66. The van der Waals surface area contributed by atoms with Crippen LogP contribution in [0.15, 0.2) is 11.1 Å². The summed E-state index contributed by atoms with van der Waals surface area (Å²) in [6.07, 6.45) is 2.22. The summed E-state index contributed by atoms with van der Waals surface area (Å²) in [6, 6.07) is 0. The van der Waals surface area contributed by atoms with Crippen LogP contribution in [0.4, 0.5) is 0 Å². The van der Waals surface area contributed by atoms with Gasteiger partial charge < -0.3 is 5.32 Å². The number of hydrogen-bond donors (Lipinski definition) is 1. The van der Waals surface area contributed by atoms with E-state index in [1.54, 1.807) is 7.05 Å². The van der Waals surface area contributed by atoms with Crippen molar-refractivity contribution in [2.24, 2.45) is 7.05 Å². The molecule has 0 radical (unpaired) electrons. The van der Waals surface area contributed by atoms with E-state index < -0.39 is 0 Å². The Morgan fingerprint density at radius 1 is 1.56 bits per heavy atom. The van der Waals surface area contributed by atoms with E-state index in [0.717, 1.165) is 11.1 Å². The van der Waals surface area contributed by atoms with Gasteiger partial charge in [0, 0.05) is 12.6 Å². The van der Waals surface area contributed by atoms with Crippen molar-refractivity contribution in [2.45, 2.75) is 39.3 Å². The molecule has 1 rings (SSSR count). The van der Waals surface area contributed by atoms with Crippen LogP contribution in [-0.4, -0.2) is 25.8 Å². The fourth-order valence-corrected chi connectivity index (χ4v) is 1.17. The van der Waals surface area contributed by atoms with Gasteiger partial charge in [-0.15, -0.1) is 0 Å². The summed E-state index contributed by atoms with van der Waals surface area (Å²) in [5.74, 6) is -0.201. The molecule has 1 N–H and O–H groups in total. The molecule has 90 valence electrons. The highest BCUT2D eigenvalue weighted by Crippen LogP contribution is 2.06. The first-order chi connectivity index (χ1) is 7.35. The number of aromatic nitrogens is 3. The number of amides is 1. The molecule has 0 spiro atoms. The van der Waals surface area contributed by atoms with Gasteiger partial charge in [-0.05, 0) is 20.3 Å². The van der Waals surface area contributed by atoms with E-state index in [0.29, 0.717) is 0 Å². The summed E-state index contributed by atoms with van der Waals surface area (Å²) in [4.78, 5) is 23.1. The van der Waals surface area contributed by atoms with Crippen LogP contribution in [0.1, 0.15) is 27.2 Å². The van der Waals surface area contributed by atoms with Crippen molar-refractivity contribution in [1.29, 1.82) is 0 Å². The number of nitrogens with one attached hydrogen (secondary N) is 1. The maximum Gasteiger partial charge on any atom is 0.345 e. The van der Waals surface area contributed by atoms with E-state index >= 15 is 0 Å². The minimum absolute atomic E-state index is 0.0386. The van der Waals surface area contributed by atoms with Crippen LogP contribution >= 0.6 is 0 Å². The van der Waals surface area contributed by atoms with Crippen LogP contribution in [0.3, 0.4) is 0 Å². The lowest BCUT2D eigenvalue weighted by Crippen LogP contribution is -2.45. The van der Waals surface area contributed by atoms with Gasteiger partial charge in [-0.3, -0.25) is 9.36 Å². The Morgan fingerprint density at radius 2 is 2.19 bits per heavy atom. The van der Waals surface area contributed by atoms with Gasteiger partial charge in [-0.2, -0.15) is 5.10 Å². The molecule has 0 aliphatic heterocycles. The first-order valence-electron chi connectivity index (χ1n) is 5.25. The van der Waals surface area contributed by atoms with E-state index in [9.17, 15) is 9.59 Å². The molecular weight excluding hydrogens is 208 g/mol. The lowest BCUT2D eigenvalue weighted by Gasteiger charge is -2.24. The minimum Gasteiger partial charge on any atom is -0.350 e. The predicted octanol–water partition coefficient (Wildman–Crippen LogP) is -0.113. The first-order valence-corrected chi connectivity index (χ1v) is 5.25. The molecule has 16 heavy (non-hydrogen) atoms. The van der Waals surface area contributed by atoms with Gasteiger partial charge in [0.2, 0.25) is 5.91 Å². The van der Waals surface area contributed by atoms with Gasteiger partial charge in [0.25, 0.3) is 0 Å². The molecule has 0 aliphatic rings. The number of hydrogen-bond acceptors (Lipinski definition) is 3. The molecule has 0 atom stereocenters. The second-order valence-electron chi connectivity index (χ2n) is 4.47. The Morgan fingerprint density at radius 3 is 2.62 bits per heavy atom. The van der Waals surface area contributed by atoms with Crippen LogP contribution in [0.2, 0.25) is 0 Å². The largest absolute Gasteiger partial charge is 0.350 e. The molecule has 0 bridgehead atoms. The minimum atomic E-state index is -0.288. The standard InChI is InChI=1S/C10H18N4O2/c1-5-10(2,3)12-8(15)6-14-9(16)13(4)7-11-14/h7H,5-6H2,1-4H3,(H,12,15). The van der Waals surface area contributed by atoms with Gasteiger partial charge in [0.05, 0.1) is 0 Å². The second-order valence-corrected chi connectivity index (χ2v) is 4.47. The highest BCUT2D eigenvalue weighted by Gasteiger charge is 2.18. The maximum atomic E-state index is 11.6. The van der Waals surface area contributed by atoms with E-state index in [1.165, 1.54) is 10.9 Å². The molecule has 0 fully saturated rings. The number of carbonyl (C=O) groups is 1. The monoisotopic (exact) mass is 226 g/mol. The number of nitrogens with zero attached hydrogens (tertiary/aromatic N) is 3. The fraction of sp³-hybridized carbons (Fsp3) is 0.700. The van der Waals surface area contributed by atoms with Crippen molar-refractivity contribution in [1.82, 2.24) is 19.7 Å². The third-order valence-corrected chi connectivity index (χ3v) is 2.54. The SMILES string of the molecule is CCC(C)(C)NC(=O)Cn1ncn(C)c1=O. The summed E-state index contributed by atoms with van der Waals surface area (Å²) < 4.78 is 2.47. The van der Waals surface area contributed by atoms with E-state index in [1.807, 2.05) is 20.8 Å². The number of rotatable bonds is 4. The Balaban J connectivity index is 2.66. The zero-order valence-electron chi connectivity index (χ0n) is 10.1. The quantitative estimate of drug-likeness (QED) is 0.778. The van der Waals surface area contributed by atoms with Crippen molar-refractivity contribution >= 4 is 5.91 Å². The van der Waals surface area contributed by atoms with Gasteiger partial charge in [0.1, 0.15) is 12.9 Å². The lowest BCUT2D eigenvalue weighted by atomic mass is 10.0.